The van der Waals surface area contributed by atoms with Crippen LogP contribution in [0.5, 0.6) is 11.5 Å². The van der Waals surface area contributed by atoms with Crippen LogP contribution in [0.25, 0.3) is 0 Å². The molecule has 2 aliphatic heterocycles. The van der Waals surface area contributed by atoms with Crippen LogP contribution in [0.2, 0.25) is 0 Å². The van der Waals surface area contributed by atoms with E-state index in [0.29, 0.717) is 18.9 Å². The summed E-state index contributed by atoms with van der Waals surface area (Å²) < 4.78 is 17.8. The van der Waals surface area contributed by atoms with Gasteiger partial charge >= 0.3 is 0 Å². The van der Waals surface area contributed by atoms with Crippen molar-refractivity contribution in [1.29, 1.82) is 0 Å². The normalized spacial score (nSPS) is 20.7. The molecule has 2 unspecified atom stereocenters. The van der Waals surface area contributed by atoms with Crippen LogP contribution >= 0.6 is 23.1 Å². The predicted octanol–water partition coefficient (Wildman–Crippen LogP) is 2.18. The standard InChI is InChI=1S/C18H22N4O4S2/c23-16(19-9-13-10-25-14-5-1-2-6-15(14)26-13)11-27-18-22-21-17(28-18)20-8-12-4-3-7-24-12/h1-2,5-6,12-13H,3-4,7-11H2,(H,19,23)(H,20,21). The van der Waals surface area contributed by atoms with Gasteiger partial charge in [-0.05, 0) is 25.0 Å². The van der Waals surface area contributed by atoms with E-state index in [1.807, 2.05) is 24.3 Å². The molecule has 1 saturated heterocycles. The van der Waals surface area contributed by atoms with Gasteiger partial charge in [-0.15, -0.1) is 10.2 Å². The number of ether oxygens (including phenoxy) is 3. The Morgan fingerprint density at radius 3 is 2.96 bits per heavy atom. The molecule has 3 heterocycles. The van der Waals surface area contributed by atoms with Crippen LogP contribution in [0.3, 0.4) is 0 Å². The topological polar surface area (TPSA) is 94.6 Å². The molecular formula is C18H22N4O4S2. The van der Waals surface area contributed by atoms with E-state index in [1.165, 1.54) is 23.1 Å². The van der Waals surface area contributed by atoms with Crippen LogP contribution in [0.1, 0.15) is 12.8 Å². The molecule has 28 heavy (non-hydrogen) atoms. The first-order valence-electron chi connectivity index (χ1n) is 9.23. The molecule has 0 aliphatic carbocycles. The Kier molecular flexibility index (Phi) is 6.50. The highest BCUT2D eigenvalue weighted by molar-refractivity contribution is 8.01. The third-order valence-corrected chi connectivity index (χ3v) is 6.35. The third kappa shape index (κ3) is 5.27. The van der Waals surface area contributed by atoms with Gasteiger partial charge in [0.2, 0.25) is 11.0 Å². The number of hydrogen-bond acceptors (Lipinski definition) is 9. The first-order chi connectivity index (χ1) is 13.8. The Labute approximate surface area is 171 Å². The molecule has 1 aromatic heterocycles. The van der Waals surface area contributed by atoms with Crippen LogP contribution < -0.4 is 20.1 Å². The SMILES string of the molecule is O=C(CSc1nnc(NCC2CCCO2)s1)NCC1COc2ccccc2O1. The number of aromatic nitrogens is 2. The first kappa shape index (κ1) is 19.3. The molecule has 0 bridgehead atoms. The van der Waals surface area contributed by atoms with Crippen molar-refractivity contribution in [3.8, 4) is 11.5 Å². The Bertz CT molecular complexity index is 797. The molecular weight excluding hydrogens is 400 g/mol. The summed E-state index contributed by atoms with van der Waals surface area (Å²) in [4.78, 5) is 12.1. The summed E-state index contributed by atoms with van der Waals surface area (Å²) in [6.07, 6.45) is 2.25. The van der Waals surface area contributed by atoms with Gasteiger partial charge in [-0.2, -0.15) is 0 Å². The van der Waals surface area contributed by atoms with E-state index in [4.69, 9.17) is 14.2 Å². The summed E-state index contributed by atoms with van der Waals surface area (Å²) in [5.74, 6) is 1.65. The van der Waals surface area contributed by atoms with Crippen molar-refractivity contribution in [2.45, 2.75) is 29.4 Å². The van der Waals surface area contributed by atoms with Gasteiger partial charge in [0, 0.05) is 13.2 Å². The molecule has 1 fully saturated rings. The monoisotopic (exact) mass is 422 g/mol. The number of amides is 1. The first-order valence-corrected chi connectivity index (χ1v) is 11.0. The van der Waals surface area contributed by atoms with Crippen molar-refractivity contribution in [1.82, 2.24) is 15.5 Å². The van der Waals surface area contributed by atoms with Crippen molar-refractivity contribution in [3.05, 3.63) is 24.3 Å². The molecule has 2 atom stereocenters. The van der Waals surface area contributed by atoms with E-state index in [2.05, 4.69) is 20.8 Å². The van der Waals surface area contributed by atoms with E-state index in [-0.39, 0.29) is 23.9 Å². The maximum atomic E-state index is 12.1. The molecule has 1 amide bonds. The van der Waals surface area contributed by atoms with Gasteiger partial charge in [-0.1, -0.05) is 35.2 Å². The maximum absolute atomic E-state index is 12.1. The zero-order valence-corrected chi connectivity index (χ0v) is 16.9. The van der Waals surface area contributed by atoms with Gasteiger partial charge in [0.1, 0.15) is 12.7 Å². The van der Waals surface area contributed by atoms with Gasteiger partial charge in [-0.3, -0.25) is 4.79 Å². The molecule has 2 N–H and O–H groups in total. The van der Waals surface area contributed by atoms with E-state index in [0.717, 1.165) is 41.2 Å². The van der Waals surface area contributed by atoms with Crippen molar-refractivity contribution in [2.75, 3.05) is 37.4 Å². The van der Waals surface area contributed by atoms with Crippen LogP contribution in [0.4, 0.5) is 5.13 Å². The molecule has 2 aromatic rings. The average Bonchev–Trinajstić information content (AvgIpc) is 3.41. The number of hydrogen-bond donors (Lipinski definition) is 2. The van der Waals surface area contributed by atoms with Gasteiger partial charge in [-0.25, -0.2) is 0 Å². The lowest BCUT2D eigenvalue weighted by Crippen LogP contribution is -2.41. The van der Waals surface area contributed by atoms with E-state index in [9.17, 15) is 4.79 Å². The number of thioether (sulfide) groups is 1. The highest BCUT2D eigenvalue weighted by atomic mass is 32.2. The van der Waals surface area contributed by atoms with Crippen molar-refractivity contribution < 1.29 is 19.0 Å². The minimum atomic E-state index is -0.195. The second-order valence-electron chi connectivity index (χ2n) is 6.48. The molecule has 0 spiro atoms. The Morgan fingerprint density at radius 2 is 2.11 bits per heavy atom. The molecule has 0 saturated carbocycles. The summed E-state index contributed by atoms with van der Waals surface area (Å²) in [6, 6.07) is 7.52. The number of rotatable bonds is 8. The molecule has 10 heteroatoms. The summed E-state index contributed by atoms with van der Waals surface area (Å²) in [6.45, 7) is 2.40. The van der Waals surface area contributed by atoms with Crippen molar-refractivity contribution >= 4 is 34.1 Å². The number of nitrogens with zero attached hydrogens (tertiary/aromatic N) is 2. The molecule has 0 radical (unpaired) electrons. The fraction of sp³-hybridized carbons (Fsp3) is 0.500. The van der Waals surface area contributed by atoms with E-state index >= 15 is 0 Å². The zero-order chi connectivity index (χ0) is 19.2. The van der Waals surface area contributed by atoms with Crippen LogP contribution in [0, 0.1) is 0 Å². The number of benzene rings is 1. The minimum absolute atomic E-state index is 0.0727. The fourth-order valence-corrected chi connectivity index (χ4v) is 4.50. The average molecular weight is 423 g/mol. The minimum Gasteiger partial charge on any atom is -0.486 e. The largest absolute Gasteiger partial charge is 0.486 e. The van der Waals surface area contributed by atoms with E-state index in [1.54, 1.807) is 0 Å². The number of fused-ring (bicyclic) bond motifs is 1. The van der Waals surface area contributed by atoms with Gasteiger partial charge in [0.25, 0.3) is 0 Å². The lowest BCUT2D eigenvalue weighted by Gasteiger charge is -2.26. The Morgan fingerprint density at radius 1 is 1.21 bits per heavy atom. The van der Waals surface area contributed by atoms with Crippen LogP contribution in [0.15, 0.2) is 28.6 Å². The van der Waals surface area contributed by atoms with Crippen LogP contribution in [-0.2, 0) is 9.53 Å². The third-order valence-electron chi connectivity index (χ3n) is 4.33. The molecule has 8 nitrogen and oxygen atoms in total. The summed E-state index contributed by atoms with van der Waals surface area (Å²) >= 11 is 2.82. The molecule has 150 valence electrons. The maximum Gasteiger partial charge on any atom is 0.230 e. The number of carbonyl (C=O) groups excluding carboxylic acids is 1. The highest BCUT2D eigenvalue weighted by Gasteiger charge is 2.21. The number of para-hydroxylation sites is 2. The van der Waals surface area contributed by atoms with Crippen molar-refractivity contribution in [3.63, 3.8) is 0 Å². The molecule has 4 rings (SSSR count). The zero-order valence-electron chi connectivity index (χ0n) is 15.3. The quantitative estimate of drug-likeness (QED) is 0.625. The number of carbonyl (C=O) groups is 1. The lowest BCUT2D eigenvalue weighted by molar-refractivity contribution is -0.119. The van der Waals surface area contributed by atoms with Crippen LogP contribution in [-0.4, -0.2) is 60.4 Å². The Hall–Kier alpha value is -2.04. The highest BCUT2D eigenvalue weighted by Crippen LogP contribution is 2.30. The lowest BCUT2D eigenvalue weighted by atomic mass is 10.2. The van der Waals surface area contributed by atoms with Gasteiger partial charge in [0.15, 0.2) is 15.8 Å². The second-order valence-corrected chi connectivity index (χ2v) is 8.68. The number of nitrogens with one attached hydrogen (secondary N) is 2. The predicted molar refractivity (Wildman–Crippen MR) is 107 cm³/mol. The molecule has 2 aliphatic rings. The van der Waals surface area contributed by atoms with Crippen molar-refractivity contribution in [2.24, 2.45) is 0 Å². The summed E-state index contributed by atoms with van der Waals surface area (Å²) in [7, 11) is 0. The fourth-order valence-electron chi connectivity index (χ4n) is 2.92. The summed E-state index contributed by atoms with van der Waals surface area (Å²) in [5.41, 5.74) is 0. The van der Waals surface area contributed by atoms with Gasteiger partial charge in [0.05, 0.1) is 18.4 Å². The summed E-state index contributed by atoms with van der Waals surface area (Å²) in [5, 5.41) is 15.1. The molecule has 1 aromatic carbocycles. The van der Waals surface area contributed by atoms with E-state index < -0.39 is 0 Å². The smallest absolute Gasteiger partial charge is 0.230 e. The Balaban J connectivity index is 1.15. The number of anilines is 1. The van der Waals surface area contributed by atoms with Gasteiger partial charge < -0.3 is 24.8 Å². The second kappa shape index (κ2) is 9.44.